The maximum Gasteiger partial charge on any atom is 0.251 e. The van der Waals surface area contributed by atoms with Crippen LogP contribution in [0.2, 0.25) is 0 Å². The number of fused-ring (bicyclic) bond motifs is 1. The first-order valence-corrected chi connectivity index (χ1v) is 13.3. The number of aliphatic hydroxyl groups is 1. The third-order valence-corrected chi connectivity index (χ3v) is 8.52. The molecule has 3 atom stereocenters. The number of likely N-dealkylation sites (tertiary alicyclic amines) is 1. The minimum absolute atomic E-state index is 0. The SMILES string of the molecule is Cl.O=C1CSc2ccc(CN[C@H]3CCN(CC4CCn5c(=O)ccc6ccc(F)c4c65)C[C@H]3O)nc2N1. The Morgan fingerprint density at radius 3 is 2.81 bits per heavy atom. The van der Waals surface area contributed by atoms with Gasteiger partial charge in [0.15, 0.2) is 0 Å². The number of hydrogen-bond acceptors (Lipinski definition) is 7. The summed E-state index contributed by atoms with van der Waals surface area (Å²) in [7, 11) is 0. The van der Waals surface area contributed by atoms with Gasteiger partial charge in [-0.05, 0) is 55.1 Å². The minimum Gasteiger partial charge on any atom is -0.390 e. The van der Waals surface area contributed by atoms with Gasteiger partial charge in [0.2, 0.25) is 5.91 Å². The van der Waals surface area contributed by atoms with E-state index < -0.39 is 6.10 Å². The number of piperidine rings is 1. The molecule has 1 saturated heterocycles. The fourth-order valence-electron chi connectivity index (χ4n) is 5.67. The number of rotatable bonds is 5. The average molecular weight is 546 g/mol. The topological polar surface area (TPSA) is 99.5 Å². The number of benzene rings is 1. The second-order valence-corrected chi connectivity index (χ2v) is 10.8. The van der Waals surface area contributed by atoms with Crippen molar-refractivity contribution in [1.29, 1.82) is 0 Å². The lowest BCUT2D eigenvalue weighted by atomic mass is 9.88. The monoisotopic (exact) mass is 545 g/mol. The van der Waals surface area contributed by atoms with Gasteiger partial charge in [0.25, 0.3) is 5.56 Å². The number of aryl methyl sites for hydroxylation is 1. The van der Waals surface area contributed by atoms with Crippen molar-refractivity contribution in [2.24, 2.45) is 0 Å². The van der Waals surface area contributed by atoms with Crippen LogP contribution in [0.15, 0.2) is 46.1 Å². The fraction of sp³-hybridized carbons (Fsp3) is 0.423. The predicted molar refractivity (Wildman–Crippen MR) is 144 cm³/mol. The number of amides is 1. The average Bonchev–Trinajstić information content (AvgIpc) is 2.87. The van der Waals surface area contributed by atoms with E-state index in [1.165, 1.54) is 17.8 Å². The molecule has 3 aliphatic rings. The molecule has 0 saturated carbocycles. The van der Waals surface area contributed by atoms with Gasteiger partial charge in [0.1, 0.15) is 11.6 Å². The standard InChI is InChI=1S/C26H28FN5O3S.ClH/c27-18-4-1-15-2-6-23(35)32-10-7-16(24(18)25(15)32)12-31-9-8-19(20(33)13-31)28-11-17-3-5-21-26(29-17)30-22(34)14-36-21;/h1-6,16,19-20,28,33H,7-14H2,(H,29,30,34);1H/t16?,19-,20+;/m0./s1. The number of nitrogens with one attached hydrogen (secondary N) is 2. The van der Waals surface area contributed by atoms with Gasteiger partial charge in [-0.2, -0.15) is 0 Å². The van der Waals surface area contributed by atoms with Gasteiger partial charge >= 0.3 is 0 Å². The molecule has 3 aliphatic heterocycles. The Morgan fingerprint density at radius 2 is 1.97 bits per heavy atom. The lowest BCUT2D eigenvalue weighted by Gasteiger charge is -2.39. The lowest BCUT2D eigenvalue weighted by molar-refractivity contribution is -0.113. The van der Waals surface area contributed by atoms with Crippen molar-refractivity contribution in [2.45, 2.75) is 48.9 Å². The third-order valence-electron chi connectivity index (χ3n) is 7.47. The van der Waals surface area contributed by atoms with Crippen LogP contribution in [0, 0.1) is 5.82 Å². The first-order chi connectivity index (χ1) is 17.5. The van der Waals surface area contributed by atoms with Crippen molar-refractivity contribution in [2.75, 3.05) is 30.7 Å². The zero-order valence-electron chi connectivity index (χ0n) is 20.2. The van der Waals surface area contributed by atoms with Crippen molar-refractivity contribution >= 4 is 46.8 Å². The molecule has 0 bridgehead atoms. The van der Waals surface area contributed by atoms with Crippen LogP contribution in [0.5, 0.6) is 0 Å². The van der Waals surface area contributed by atoms with Crippen LogP contribution in [0.4, 0.5) is 10.2 Å². The summed E-state index contributed by atoms with van der Waals surface area (Å²) >= 11 is 1.48. The molecular weight excluding hydrogens is 517 g/mol. The molecule has 1 amide bonds. The summed E-state index contributed by atoms with van der Waals surface area (Å²) in [5.41, 5.74) is 2.05. The molecule has 5 heterocycles. The molecule has 0 aliphatic carbocycles. The van der Waals surface area contributed by atoms with Gasteiger partial charge < -0.3 is 25.2 Å². The fourth-order valence-corrected chi connectivity index (χ4v) is 6.43. The van der Waals surface area contributed by atoms with E-state index in [4.69, 9.17) is 0 Å². The highest BCUT2D eigenvalue weighted by Crippen LogP contribution is 2.35. The molecule has 1 fully saturated rings. The van der Waals surface area contributed by atoms with Crippen LogP contribution >= 0.6 is 24.2 Å². The molecule has 6 rings (SSSR count). The smallest absolute Gasteiger partial charge is 0.251 e. The van der Waals surface area contributed by atoms with Crippen LogP contribution in [0.25, 0.3) is 10.9 Å². The second kappa shape index (κ2) is 10.7. The van der Waals surface area contributed by atoms with E-state index in [0.717, 1.165) is 28.9 Å². The Bertz CT molecular complexity index is 1400. The Morgan fingerprint density at radius 1 is 1.14 bits per heavy atom. The summed E-state index contributed by atoms with van der Waals surface area (Å²) < 4.78 is 16.7. The molecular formula is C26H29ClFN5O3S. The summed E-state index contributed by atoms with van der Waals surface area (Å²) in [6.45, 7) is 3.00. The highest BCUT2D eigenvalue weighted by atomic mass is 35.5. The summed E-state index contributed by atoms with van der Waals surface area (Å²) in [6.07, 6.45) is 0.888. The molecule has 2 aromatic heterocycles. The predicted octanol–water partition coefficient (Wildman–Crippen LogP) is 2.71. The number of thioether (sulfide) groups is 1. The van der Waals surface area contributed by atoms with E-state index in [1.54, 1.807) is 22.8 Å². The number of anilines is 1. The number of halogens is 2. The largest absolute Gasteiger partial charge is 0.390 e. The Kier molecular flexibility index (Phi) is 7.56. The van der Waals surface area contributed by atoms with Crippen LogP contribution < -0.4 is 16.2 Å². The molecule has 1 aromatic carbocycles. The number of nitrogens with zero attached hydrogens (tertiary/aromatic N) is 3. The first kappa shape index (κ1) is 26.1. The molecule has 8 nitrogen and oxygen atoms in total. The van der Waals surface area contributed by atoms with E-state index in [9.17, 15) is 19.1 Å². The van der Waals surface area contributed by atoms with Crippen LogP contribution in [0.3, 0.4) is 0 Å². The maximum atomic E-state index is 15.0. The van der Waals surface area contributed by atoms with Gasteiger partial charge in [-0.3, -0.25) is 9.59 Å². The van der Waals surface area contributed by atoms with Gasteiger partial charge in [-0.1, -0.05) is 0 Å². The van der Waals surface area contributed by atoms with Gasteiger partial charge in [0.05, 0.1) is 28.0 Å². The Labute approximate surface area is 224 Å². The third kappa shape index (κ3) is 5.13. The lowest BCUT2D eigenvalue weighted by Crippen LogP contribution is -2.53. The molecule has 0 spiro atoms. The van der Waals surface area contributed by atoms with Gasteiger partial charge in [-0.25, -0.2) is 9.37 Å². The van der Waals surface area contributed by atoms with Crippen LogP contribution in [-0.2, 0) is 17.9 Å². The van der Waals surface area contributed by atoms with Crippen molar-refractivity contribution < 1.29 is 14.3 Å². The quantitative estimate of drug-likeness (QED) is 0.453. The number of aromatic nitrogens is 2. The van der Waals surface area contributed by atoms with Crippen molar-refractivity contribution in [3.63, 3.8) is 0 Å². The van der Waals surface area contributed by atoms with Crippen LogP contribution in [-0.4, -0.2) is 63.0 Å². The highest BCUT2D eigenvalue weighted by Gasteiger charge is 2.32. The number of β-amino-alcohol motifs (C(OH)–C–C–N with tert-alkyl or cyclic N) is 1. The number of hydrogen-bond donors (Lipinski definition) is 3. The zero-order valence-corrected chi connectivity index (χ0v) is 21.8. The number of pyridine rings is 2. The minimum atomic E-state index is -0.564. The first-order valence-electron chi connectivity index (χ1n) is 12.3. The summed E-state index contributed by atoms with van der Waals surface area (Å²) in [5, 5.41) is 18.0. The van der Waals surface area contributed by atoms with Gasteiger partial charge in [-0.15, -0.1) is 24.2 Å². The van der Waals surface area contributed by atoms with Crippen molar-refractivity contribution in [3.05, 3.63) is 63.8 Å². The Balaban J connectivity index is 0.00000280. The van der Waals surface area contributed by atoms with E-state index in [1.807, 2.05) is 12.1 Å². The molecule has 1 unspecified atom stereocenters. The summed E-state index contributed by atoms with van der Waals surface area (Å²) in [4.78, 5) is 31.7. The summed E-state index contributed by atoms with van der Waals surface area (Å²) in [5.74, 6) is 0.669. The zero-order chi connectivity index (χ0) is 24.8. The normalized spacial score (nSPS) is 23.3. The van der Waals surface area contributed by atoms with E-state index in [-0.39, 0.29) is 41.7 Å². The second-order valence-electron chi connectivity index (χ2n) is 9.80. The number of aliphatic hydroxyl groups excluding tert-OH is 1. The molecule has 3 N–H and O–H groups in total. The maximum absolute atomic E-state index is 15.0. The van der Waals surface area contributed by atoms with Crippen molar-refractivity contribution in [3.8, 4) is 0 Å². The number of carbonyl (C=O) groups excluding carboxylic acids is 1. The van der Waals surface area contributed by atoms with Crippen LogP contribution in [0.1, 0.15) is 30.0 Å². The van der Waals surface area contributed by atoms with Gasteiger partial charge in [0, 0.05) is 49.8 Å². The molecule has 11 heteroatoms. The molecule has 3 aromatic rings. The van der Waals surface area contributed by atoms with E-state index in [2.05, 4.69) is 20.5 Å². The van der Waals surface area contributed by atoms with E-state index in [0.29, 0.717) is 55.3 Å². The highest BCUT2D eigenvalue weighted by molar-refractivity contribution is 8.00. The van der Waals surface area contributed by atoms with Crippen molar-refractivity contribution in [1.82, 2.24) is 19.8 Å². The number of carbonyl (C=O) groups is 1. The summed E-state index contributed by atoms with van der Waals surface area (Å²) in [6, 6.07) is 10.4. The molecule has 37 heavy (non-hydrogen) atoms. The molecule has 0 radical (unpaired) electrons. The molecule has 196 valence electrons. The Hall–Kier alpha value is -2.50. The van der Waals surface area contributed by atoms with E-state index >= 15 is 0 Å².